The van der Waals surface area contributed by atoms with E-state index in [0.29, 0.717) is 0 Å². The van der Waals surface area contributed by atoms with Crippen LogP contribution in [0.1, 0.15) is 6.42 Å². The number of hydrogen-bond donors (Lipinski definition) is 2. The number of rotatable bonds is 6. The van der Waals surface area contributed by atoms with Crippen LogP contribution >= 0.6 is 23.2 Å². The SMILES string of the molecule is COC(=O)[C@@H]1C=CC(NC(=O)C(F)(OC)C(=O)Nc2cc(Cl)cc(Cl)c2)C1. The normalized spacial score (nSPS) is 20.6. The van der Waals surface area contributed by atoms with Gasteiger partial charge in [-0.3, -0.25) is 14.4 Å². The average molecular weight is 419 g/mol. The summed E-state index contributed by atoms with van der Waals surface area (Å²) in [7, 11) is 2.12. The third kappa shape index (κ3) is 4.97. The fourth-order valence-electron chi connectivity index (χ4n) is 2.52. The fraction of sp³-hybridized carbons (Fsp3) is 0.353. The Balaban J connectivity index is 2.06. The van der Waals surface area contributed by atoms with E-state index in [9.17, 15) is 18.8 Å². The molecule has 1 aliphatic carbocycles. The molecule has 0 radical (unpaired) electrons. The molecule has 0 aliphatic heterocycles. The van der Waals surface area contributed by atoms with Gasteiger partial charge in [0.1, 0.15) is 0 Å². The number of hydrogen-bond acceptors (Lipinski definition) is 5. The average Bonchev–Trinajstić information content (AvgIpc) is 3.07. The summed E-state index contributed by atoms with van der Waals surface area (Å²) in [6.07, 6.45) is 3.24. The zero-order valence-electron chi connectivity index (χ0n) is 14.4. The van der Waals surface area contributed by atoms with Crippen LogP contribution in [-0.2, 0) is 23.9 Å². The van der Waals surface area contributed by atoms with Gasteiger partial charge in [0.15, 0.2) is 0 Å². The second kappa shape index (κ2) is 8.69. The van der Waals surface area contributed by atoms with Crippen molar-refractivity contribution in [2.24, 2.45) is 5.92 Å². The van der Waals surface area contributed by atoms with E-state index >= 15 is 0 Å². The van der Waals surface area contributed by atoms with Crippen LogP contribution in [0.15, 0.2) is 30.4 Å². The number of ether oxygens (including phenoxy) is 2. The third-order valence-electron chi connectivity index (χ3n) is 3.89. The molecule has 0 spiro atoms. The molecule has 2 amide bonds. The van der Waals surface area contributed by atoms with Gasteiger partial charge in [-0.15, -0.1) is 0 Å². The van der Waals surface area contributed by atoms with Gasteiger partial charge in [-0.2, -0.15) is 4.39 Å². The first-order valence-electron chi connectivity index (χ1n) is 7.78. The Morgan fingerprint density at radius 3 is 2.30 bits per heavy atom. The molecule has 1 aliphatic rings. The van der Waals surface area contributed by atoms with Crippen LogP contribution < -0.4 is 10.6 Å². The van der Waals surface area contributed by atoms with E-state index in [4.69, 9.17) is 23.2 Å². The molecule has 1 aromatic carbocycles. The van der Waals surface area contributed by atoms with Gasteiger partial charge < -0.3 is 20.1 Å². The smallest absolute Gasteiger partial charge is 0.367 e. The van der Waals surface area contributed by atoms with Gasteiger partial charge in [0.25, 0.3) is 11.8 Å². The molecule has 0 heterocycles. The number of amides is 2. The lowest BCUT2D eigenvalue weighted by Crippen LogP contribution is -2.55. The predicted octanol–water partition coefficient (Wildman–Crippen LogP) is 2.48. The Morgan fingerprint density at radius 2 is 1.74 bits per heavy atom. The topological polar surface area (TPSA) is 93.7 Å². The quantitative estimate of drug-likeness (QED) is 0.420. The zero-order valence-corrected chi connectivity index (χ0v) is 15.9. The van der Waals surface area contributed by atoms with Crippen LogP contribution in [0.25, 0.3) is 0 Å². The molecular weight excluding hydrogens is 402 g/mol. The van der Waals surface area contributed by atoms with Crippen molar-refractivity contribution in [2.75, 3.05) is 19.5 Å². The Morgan fingerprint density at radius 1 is 1.11 bits per heavy atom. The minimum atomic E-state index is -3.30. The molecule has 0 bridgehead atoms. The first-order chi connectivity index (χ1) is 12.7. The van der Waals surface area contributed by atoms with Crippen molar-refractivity contribution in [1.82, 2.24) is 5.32 Å². The van der Waals surface area contributed by atoms with Crippen LogP contribution in [0, 0.1) is 5.92 Å². The molecule has 2 N–H and O–H groups in total. The Labute approximate surface area is 164 Å². The van der Waals surface area contributed by atoms with Crippen molar-refractivity contribution in [3.05, 3.63) is 40.4 Å². The lowest BCUT2D eigenvalue weighted by atomic mass is 10.1. The largest absolute Gasteiger partial charge is 0.469 e. The number of esters is 1. The summed E-state index contributed by atoms with van der Waals surface area (Å²) < 4.78 is 24.1. The van der Waals surface area contributed by atoms with Gasteiger partial charge in [-0.1, -0.05) is 35.4 Å². The van der Waals surface area contributed by atoms with Crippen molar-refractivity contribution >= 4 is 46.7 Å². The van der Waals surface area contributed by atoms with Crippen molar-refractivity contribution in [3.63, 3.8) is 0 Å². The number of nitrogens with one attached hydrogen (secondary N) is 2. The number of benzene rings is 1. The Kier molecular flexibility index (Phi) is 6.80. The molecule has 0 aromatic heterocycles. The molecule has 0 saturated carbocycles. The molecule has 10 heteroatoms. The molecule has 27 heavy (non-hydrogen) atoms. The number of carbonyl (C=O) groups excluding carboxylic acids is 3. The summed E-state index contributed by atoms with van der Waals surface area (Å²) in [5.41, 5.74) is 0.0934. The maximum Gasteiger partial charge on any atom is 0.367 e. The zero-order chi connectivity index (χ0) is 20.2. The van der Waals surface area contributed by atoms with Gasteiger partial charge >= 0.3 is 11.8 Å². The van der Waals surface area contributed by atoms with Crippen LogP contribution in [0.3, 0.4) is 0 Å². The van der Waals surface area contributed by atoms with E-state index < -0.39 is 35.6 Å². The van der Waals surface area contributed by atoms with E-state index in [1.54, 1.807) is 0 Å². The van der Waals surface area contributed by atoms with Gasteiger partial charge in [0.05, 0.1) is 13.0 Å². The molecular formula is C17H17Cl2FN2O5. The van der Waals surface area contributed by atoms with Crippen LogP contribution in [0.5, 0.6) is 0 Å². The highest BCUT2D eigenvalue weighted by molar-refractivity contribution is 6.35. The predicted molar refractivity (Wildman–Crippen MR) is 97.1 cm³/mol. The van der Waals surface area contributed by atoms with Gasteiger partial charge in [0.2, 0.25) is 0 Å². The van der Waals surface area contributed by atoms with E-state index in [1.165, 1.54) is 37.5 Å². The molecule has 7 nitrogen and oxygen atoms in total. The fourth-order valence-corrected chi connectivity index (χ4v) is 3.05. The molecule has 3 atom stereocenters. The van der Waals surface area contributed by atoms with Gasteiger partial charge in [0, 0.05) is 28.9 Å². The number of alkyl halides is 1. The summed E-state index contributed by atoms with van der Waals surface area (Å²) >= 11 is 11.6. The third-order valence-corrected chi connectivity index (χ3v) is 4.33. The molecule has 146 valence electrons. The summed E-state index contributed by atoms with van der Waals surface area (Å²) in [6.45, 7) is 0. The van der Waals surface area contributed by atoms with Crippen molar-refractivity contribution < 1.29 is 28.2 Å². The van der Waals surface area contributed by atoms with Gasteiger partial charge in [-0.05, 0) is 24.6 Å². The second-order valence-corrected chi connectivity index (χ2v) is 6.61. The maximum atomic E-state index is 14.9. The van der Waals surface area contributed by atoms with Crippen LogP contribution in [0.2, 0.25) is 10.0 Å². The van der Waals surface area contributed by atoms with Crippen LogP contribution in [0.4, 0.5) is 10.1 Å². The summed E-state index contributed by atoms with van der Waals surface area (Å²) in [4.78, 5) is 36.1. The highest BCUT2D eigenvalue weighted by atomic mass is 35.5. The van der Waals surface area contributed by atoms with E-state index in [1.807, 2.05) is 0 Å². The number of anilines is 1. The second-order valence-electron chi connectivity index (χ2n) is 5.74. The first-order valence-corrected chi connectivity index (χ1v) is 8.54. The first kappa shape index (κ1) is 21.1. The van der Waals surface area contributed by atoms with E-state index in [-0.39, 0.29) is 22.2 Å². The van der Waals surface area contributed by atoms with Crippen molar-refractivity contribution in [2.45, 2.75) is 18.3 Å². The molecule has 0 saturated heterocycles. The monoisotopic (exact) mass is 418 g/mol. The lowest BCUT2D eigenvalue weighted by Gasteiger charge is -2.23. The summed E-state index contributed by atoms with van der Waals surface area (Å²) in [5.74, 6) is -6.99. The highest BCUT2D eigenvalue weighted by Crippen LogP contribution is 2.25. The standard InChI is InChI=1S/C17H17Cl2FN2O5/c1-26-14(23)9-3-4-12(5-9)21-15(24)17(20,27-2)16(25)22-13-7-10(18)6-11(19)8-13/h3-4,6-9,12H,5H2,1-2H3,(H,21,24)(H,22,25)/t9-,12?,17?/m1/s1. The Hall–Kier alpha value is -2.16. The van der Waals surface area contributed by atoms with Crippen LogP contribution in [-0.4, -0.2) is 43.9 Å². The molecule has 1 aromatic rings. The highest BCUT2D eigenvalue weighted by Gasteiger charge is 2.48. The summed E-state index contributed by atoms with van der Waals surface area (Å²) in [5, 5.41) is 4.95. The minimum absolute atomic E-state index is 0.0934. The van der Waals surface area contributed by atoms with Gasteiger partial charge in [-0.25, -0.2) is 0 Å². The Bertz CT molecular complexity index is 768. The van der Waals surface area contributed by atoms with Crippen molar-refractivity contribution in [3.8, 4) is 0 Å². The number of methoxy groups -OCH3 is 2. The summed E-state index contributed by atoms with van der Waals surface area (Å²) in [6, 6.07) is 3.44. The molecule has 2 unspecified atom stereocenters. The molecule has 2 rings (SSSR count). The lowest BCUT2D eigenvalue weighted by molar-refractivity contribution is -0.176. The van der Waals surface area contributed by atoms with E-state index in [0.717, 1.165) is 7.11 Å². The number of halogens is 3. The van der Waals surface area contributed by atoms with E-state index in [2.05, 4.69) is 20.1 Å². The van der Waals surface area contributed by atoms with Crippen molar-refractivity contribution in [1.29, 1.82) is 0 Å². The number of carbonyl (C=O) groups is 3. The maximum absolute atomic E-state index is 14.9. The minimum Gasteiger partial charge on any atom is -0.469 e. The molecule has 0 fully saturated rings.